The zero-order chi connectivity index (χ0) is 18.2. The van der Waals surface area contributed by atoms with Crippen molar-refractivity contribution in [1.82, 2.24) is 10.2 Å². The van der Waals surface area contributed by atoms with E-state index in [0.29, 0.717) is 29.0 Å². The largest absolute Gasteiger partial charge is 0.471 e. The number of carbonyl (C=O) groups is 2. The average molecular weight is 382 g/mol. The van der Waals surface area contributed by atoms with Crippen LogP contribution in [0, 0.1) is 0 Å². The first-order chi connectivity index (χ1) is 11.3. The molecule has 5 nitrogen and oxygen atoms in total. The van der Waals surface area contributed by atoms with Crippen LogP contribution in [0.25, 0.3) is 0 Å². The summed E-state index contributed by atoms with van der Waals surface area (Å²) in [4.78, 5) is 23.8. The molecule has 0 aromatic heterocycles. The molecule has 0 aliphatic heterocycles. The van der Waals surface area contributed by atoms with Gasteiger partial charge in [-0.05, 0) is 44.6 Å². The van der Waals surface area contributed by atoms with Crippen molar-refractivity contribution in [1.29, 1.82) is 0 Å². The second kappa shape index (κ2) is 10.9. The van der Waals surface area contributed by atoms with Gasteiger partial charge in [-0.1, -0.05) is 12.1 Å². The van der Waals surface area contributed by atoms with E-state index in [1.165, 1.54) is 6.92 Å². The first-order valence-electron chi connectivity index (χ1n) is 7.67. The minimum Gasteiger partial charge on any atom is -0.331 e. The van der Waals surface area contributed by atoms with Gasteiger partial charge in [-0.3, -0.25) is 9.59 Å². The van der Waals surface area contributed by atoms with Crippen LogP contribution in [-0.4, -0.2) is 43.0 Å². The number of hydrogen-bond acceptors (Lipinski definition) is 3. The number of nitrogens with one attached hydrogen (secondary N) is 2. The van der Waals surface area contributed by atoms with Gasteiger partial charge in [0, 0.05) is 25.2 Å². The molecule has 142 valence electrons. The molecule has 2 N–H and O–H groups in total. The van der Waals surface area contributed by atoms with E-state index < -0.39 is 12.1 Å². The fourth-order valence-corrected chi connectivity index (χ4v) is 2.12. The lowest BCUT2D eigenvalue weighted by molar-refractivity contribution is -0.185. The van der Waals surface area contributed by atoms with Gasteiger partial charge in [-0.15, -0.1) is 12.4 Å². The lowest BCUT2D eigenvalue weighted by atomic mass is 10.1. The Balaban J connectivity index is 0.00000576. The van der Waals surface area contributed by atoms with E-state index >= 15 is 0 Å². The van der Waals surface area contributed by atoms with Gasteiger partial charge in [0.15, 0.2) is 0 Å². The van der Waals surface area contributed by atoms with E-state index in [2.05, 4.69) is 10.6 Å². The fourth-order valence-electron chi connectivity index (χ4n) is 2.12. The first-order valence-corrected chi connectivity index (χ1v) is 7.67. The number of benzene rings is 1. The van der Waals surface area contributed by atoms with Gasteiger partial charge in [-0.25, -0.2) is 0 Å². The van der Waals surface area contributed by atoms with Crippen LogP contribution < -0.4 is 10.6 Å². The molecule has 0 atom stereocenters. The van der Waals surface area contributed by atoms with Gasteiger partial charge in [0.2, 0.25) is 5.91 Å². The summed E-state index contributed by atoms with van der Waals surface area (Å²) < 4.78 is 37.6. The first kappa shape index (κ1) is 23.2. The Bertz CT molecular complexity index is 568. The predicted octanol–water partition coefficient (Wildman–Crippen LogP) is 2.96. The van der Waals surface area contributed by atoms with Gasteiger partial charge in [0.05, 0.1) is 0 Å². The Morgan fingerprint density at radius 1 is 1.24 bits per heavy atom. The van der Waals surface area contributed by atoms with Crippen LogP contribution in [0.4, 0.5) is 18.9 Å². The van der Waals surface area contributed by atoms with Crippen LogP contribution in [-0.2, 0) is 16.1 Å². The Hall–Kier alpha value is -1.80. The number of halogens is 4. The smallest absolute Gasteiger partial charge is 0.331 e. The molecule has 0 saturated heterocycles. The van der Waals surface area contributed by atoms with Gasteiger partial charge in [0.25, 0.3) is 0 Å². The summed E-state index contributed by atoms with van der Waals surface area (Å²) in [6, 6.07) is 6.47. The fraction of sp³-hybridized carbons (Fsp3) is 0.500. The molecular formula is C16H23ClF3N3O2. The molecule has 25 heavy (non-hydrogen) atoms. The Morgan fingerprint density at radius 2 is 1.92 bits per heavy atom. The lowest BCUT2D eigenvalue weighted by Gasteiger charge is -2.22. The molecule has 0 bridgehead atoms. The third-order valence-corrected chi connectivity index (χ3v) is 3.33. The molecule has 0 radical (unpaired) electrons. The maximum atomic E-state index is 12.5. The standard InChI is InChI=1S/C16H22F3N3O2.ClH/c1-3-22(15(24)16(17,18)19)11-12-6-4-7-13(10-12)21-14(23)8-5-9-20-2;/h4,6-7,10,20H,3,5,8-9,11H2,1-2H3,(H,21,23);1H. The topological polar surface area (TPSA) is 61.4 Å². The molecule has 1 rings (SSSR count). The summed E-state index contributed by atoms with van der Waals surface area (Å²) in [7, 11) is 1.79. The highest BCUT2D eigenvalue weighted by Crippen LogP contribution is 2.20. The summed E-state index contributed by atoms with van der Waals surface area (Å²) in [6.07, 6.45) is -3.86. The van der Waals surface area contributed by atoms with Gasteiger partial charge in [0.1, 0.15) is 0 Å². The molecule has 0 saturated carbocycles. The highest BCUT2D eigenvalue weighted by atomic mass is 35.5. The van der Waals surface area contributed by atoms with Crippen LogP contribution in [0.3, 0.4) is 0 Å². The molecule has 0 unspecified atom stereocenters. The van der Waals surface area contributed by atoms with Crippen LogP contribution in [0.5, 0.6) is 0 Å². The number of carbonyl (C=O) groups excluding carboxylic acids is 2. The number of anilines is 1. The molecule has 1 aromatic carbocycles. The molecule has 0 aliphatic rings. The van der Waals surface area contributed by atoms with Crippen LogP contribution in [0.1, 0.15) is 25.3 Å². The lowest BCUT2D eigenvalue weighted by Crippen LogP contribution is -2.40. The van der Waals surface area contributed by atoms with E-state index in [1.54, 1.807) is 31.3 Å². The molecule has 9 heteroatoms. The Labute approximate surface area is 151 Å². The second-order valence-corrected chi connectivity index (χ2v) is 5.27. The second-order valence-electron chi connectivity index (χ2n) is 5.27. The third kappa shape index (κ3) is 8.22. The number of hydrogen-bond donors (Lipinski definition) is 2. The van der Waals surface area contributed by atoms with Crippen molar-refractivity contribution in [3.63, 3.8) is 0 Å². The van der Waals surface area contributed by atoms with E-state index in [4.69, 9.17) is 0 Å². The number of alkyl halides is 3. The molecule has 0 fully saturated rings. The maximum absolute atomic E-state index is 12.5. The minimum absolute atomic E-state index is 0. The highest BCUT2D eigenvalue weighted by molar-refractivity contribution is 5.90. The summed E-state index contributed by atoms with van der Waals surface area (Å²) >= 11 is 0. The van der Waals surface area contributed by atoms with Gasteiger partial charge in [-0.2, -0.15) is 13.2 Å². The Kier molecular flexibility index (Phi) is 10.2. The number of amides is 2. The zero-order valence-electron chi connectivity index (χ0n) is 14.2. The predicted molar refractivity (Wildman–Crippen MR) is 92.6 cm³/mol. The quantitative estimate of drug-likeness (QED) is 0.680. The summed E-state index contributed by atoms with van der Waals surface area (Å²) in [6.45, 7) is 1.98. The van der Waals surface area contributed by atoms with E-state index in [0.717, 1.165) is 6.54 Å². The van der Waals surface area contributed by atoms with Crippen molar-refractivity contribution in [2.24, 2.45) is 0 Å². The van der Waals surface area contributed by atoms with Crippen molar-refractivity contribution >= 4 is 29.9 Å². The van der Waals surface area contributed by atoms with Crippen molar-refractivity contribution in [3.8, 4) is 0 Å². The summed E-state index contributed by atoms with van der Waals surface area (Å²) in [5.41, 5.74) is 1.01. The van der Waals surface area contributed by atoms with Crippen molar-refractivity contribution in [2.75, 3.05) is 25.5 Å². The molecule has 1 aromatic rings. The highest BCUT2D eigenvalue weighted by Gasteiger charge is 2.41. The van der Waals surface area contributed by atoms with Crippen molar-refractivity contribution in [3.05, 3.63) is 29.8 Å². The SMILES string of the molecule is CCN(Cc1cccc(NC(=O)CCCNC)c1)C(=O)C(F)(F)F.Cl. The van der Waals surface area contributed by atoms with E-state index in [-0.39, 0.29) is 31.4 Å². The molecule has 0 heterocycles. The summed E-state index contributed by atoms with van der Waals surface area (Å²) in [5, 5.41) is 5.64. The zero-order valence-corrected chi connectivity index (χ0v) is 15.0. The average Bonchev–Trinajstić information content (AvgIpc) is 2.51. The van der Waals surface area contributed by atoms with Crippen LogP contribution >= 0.6 is 12.4 Å². The van der Waals surface area contributed by atoms with Crippen LogP contribution in [0.15, 0.2) is 24.3 Å². The monoisotopic (exact) mass is 381 g/mol. The van der Waals surface area contributed by atoms with Crippen molar-refractivity contribution in [2.45, 2.75) is 32.5 Å². The number of rotatable bonds is 8. The van der Waals surface area contributed by atoms with Gasteiger partial charge < -0.3 is 15.5 Å². The minimum atomic E-state index is -4.89. The summed E-state index contributed by atoms with van der Waals surface area (Å²) in [5.74, 6) is -2.03. The van der Waals surface area contributed by atoms with Gasteiger partial charge >= 0.3 is 12.1 Å². The normalized spacial score (nSPS) is 10.8. The molecule has 2 amide bonds. The maximum Gasteiger partial charge on any atom is 0.471 e. The molecular weight excluding hydrogens is 359 g/mol. The van der Waals surface area contributed by atoms with Crippen molar-refractivity contribution < 1.29 is 22.8 Å². The molecule has 0 spiro atoms. The van der Waals surface area contributed by atoms with E-state index in [9.17, 15) is 22.8 Å². The number of nitrogens with zero attached hydrogens (tertiary/aromatic N) is 1. The van der Waals surface area contributed by atoms with Crippen LogP contribution in [0.2, 0.25) is 0 Å². The van der Waals surface area contributed by atoms with E-state index in [1.807, 2.05) is 0 Å². The Morgan fingerprint density at radius 3 is 2.48 bits per heavy atom. The molecule has 0 aliphatic carbocycles. The third-order valence-electron chi connectivity index (χ3n) is 3.33.